The Hall–Kier alpha value is -2.55. The number of para-hydroxylation sites is 2. The van der Waals surface area contributed by atoms with Gasteiger partial charge in [-0.05, 0) is 12.1 Å². The summed E-state index contributed by atoms with van der Waals surface area (Å²) >= 11 is 0. The predicted octanol–water partition coefficient (Wildman–Crippen LogP) is 3.08. The number of nitrogens with one attached hydrogen (secondary N) is 1. The van der Waals surface area contributed by atoms with E-state index in [1.54, 1.807) is 24.4 Å². The number of rotatable bonds is 4. The molecule has 0 aliphatic heterocycles. The molecule has 3 heteroatoms. The van der Waals surface area contributed by atoms with Crippen molar-refractivity contribution in [3.8, 4) is 0 Å². The Kier molecular flexibility index (Phi) is 3.76. The zero-order chi connectivity index (χ0) is 12.8. The maximum absolute atomic E-state index is 11.8. The molecule has 3 N–H and O–H groups in total. The highest BCUT2D eigenvalue weighted by Gasteiger charge is 1.99. The van der Waals surface area contributed by atoms with Crippen molar-refractivity contribution in [1.82, 2.24) is 0 Å². The first kappa shape index (κ1) is 11.9. The Bertz CT molecular complexity index is 562. The number of hydrogen-bond acceptors (Lipinski definition) is 3. The number of nitrogen functional groups attached to an aromatic ring is 1. The van der Waals surface area contributed by atoms with Crippen molar-refractivity contribution < 1.29 is 4.79 Å². The van der Waals surface area contributed by atoms with Crippen molar-refractivity contribution in [2.45, 2.75) is 0 Å². The molecule has 0 unspecified atom stereocenters. The molecule has 18 heavy (non-hydrogen) atoms. The number of benzene rings is 2. The van der Waals surface area contributed by atoms with Crippen LogP contribution in [0.5, 0.6) is 0 Å². The summed E-state index contributed by atoms with van der Waals surface area (Å²) in [5.41, 5.74) is 7.86. The Labute approximate surface area is 106 Å². The lowest BCUT2D eigenvalue weighted by molar-refractivity contribution is 0.104. The molecule has 2 aromatic rings. The highest BCUT2D eigenvalue weighted by molar-refractivity contribution is 6.04. The Balaban J connectivity index is 2.01. The van der Waals surface area contributed by atoms with Crippen LogP contribution >= 0.6 is 0 Å². The van der Waals surface area contributed by atoms with Crippen molar-refractivity contribution in [2.75, 3.05) is 11.1 Å². The zero-order valence-corrected chi connectivity index (χ0v) is 9.84. The van der Waals surface area contributed by atoms with E-state index < -0.39 is 0 Å². The topological polar surface area (TPSA) is 55.1 Å². The van der Waals surface area contributed by atoms with E-state index in [0.29, 0.717) is 11.3 Å². The predicted molar refractivity (Wildman–Crippen MR) is 74.4 cm³/mol. The summed E-state index contributed by atoms with van der Waals surface area (Å²) in [5, 5.41) is 2.99. The van der Waals surface area contributed by atoms with Crippen LogP contribution < -0.4 is 11.1 Å². The molecule has 0 bridgehead atoms. The Morgan fingerprint density at radius 1 is 1.00 bits per heavy atom. The van der Waals surface area contributed by atoms with Gasteiger partial charge in [0.15, 0.2) is 5.78 Å². The molecule has 0 saturated heterocycles. The molecule has 3 nitrogen and oxygen atoms in total. The van der Waals surface area contributed by atoms with Crippen molar-refractivity contribution in [3.05, 3.63) is 72.4 Å². The standard InChI is InChI=1S/C15H14N2O/c16-13-8-4-5-9-14(13)17-11-10-15(18)12-6-2-1-3-7-12/h1-11,17H,16H2. The number of carbonyl (C=O) groups is 1. The van der Waals surface area contributed by atoms with Gasteiger partial charge in [0.25, 0.3) is 0 Å². The van der Waals surface area contributed by atoms with Crippen LogP contribution in [0.4, 0.5) is 11.4 Å². The molecule has 90 valence electrons. The summed E-state index contributed by atoms with van der Waals surface area (Å²) in [6.07, 6.45) is 3.09. The van der Waals surface area contributed by atoms with Gasteiger partial charge < -0.3 is 11.1 Å². The van der Waals surface area contributed by atoms with E-state index in [1.165, 1.54) is 6.08 Å². The number of anilines is 2. The Morgan fingerprint density at radius 3 is 2.39 bits per heavy atom. The first-order valence-electron chi connectivity index (χ1n) is 5.64. The van der Waals surface area contributed by atoms with Gasteiger partial charge in [0.1, 0.15) is 0 Å². The summed E-state index contributed by atoms with van der Waals surface area (Å²) in [5.74, 6) is -0.0439. The third kappa shape index (κ3) is 2.98. The number of hydrogen-bond donors (Lipinski definition) is 2. The lowest BCUT2D eigenvalue weighted by Crippen LogP contribution is -1.97. The quantitative estimate of drug-likeness (QED) is 0.489. The van der Waals surface area contributed by atoms with Gasteiger partial charge in [0, 0.05) is 17.8 Å². The molecule has 0 saturated carbocycles. The third-order valence-electron chi connectivity index (χ3n) is 2.49. The van der Waals surface area contributed by atoms with Crippen LogP contribution in [-0.4, -0.2) is 5.78 Å². The second kappa shape index (κ2) is 5.68. The summed E-state index contributed by atoms with van der Waals surface area (Å²) in [4.78, 5) is 11.8. The van der Waals surface area contributed by atoms with E-state index in [1.807, 2.05) is 36.4 Å². The van der Waals surface area contributed by atoms with Gasteiger partial charge in [-0.25, -0.2) is 0 Å². The third-order valence-corrected chi connectivity index (χ3v) is 2.49. The average Bonchev–Trinajstić information content (AvgIpc) is 2.42. The van der Waals surface area contributed by atoms with Crippen molar-refractivity contribution in [2.24, 2.45) is 0 Å². The molecular weight excluding hydrogens is 224 g/mol. The average molecular weight is 238 g/mol. The maximum Gasteiger partial charge on any atom is 0.187 e. The largest absolute Gasteiger partial charge is 0.397 e. The molecule has 2 rings (SSSR count). The fraction of sp³-hybridized carbons (Fsp3) is 0. The molecule has 0 aromatic heterocycles. The zero-order valence-electron chi connectivity index (χ0n) is 9.84. The molecule has 0 heterocycles. The molecule has 0 radical (unpaired) electrons. The SMILES string of the molecule is Nc1ccccc1NC=CC(=O)c1ccccc1. The monoisotopic (exact) mass is 238 g/mol. The summed E-state index contributed by atoms with van der Waals surface area (Å²) in [6, 6.07) is 16.5. The van der Waals surface area contributed by atoms with E-state index in [-0.39, 0.29) is 5.78 Å². The van der Waals surface area contributed by atoms with Gasteiger partial charge in [0.2, 0.25) is 0 Å². The number of allylic oxidation sites excluding steroid dienone is 1. The molecule has 0 fully saturated rings. The molecular formula is C15H14N2O. The smallest absolute Gasteiger partial charge is 0.187 e. The van der Waals surface area contributed by atoms with E-state index in [2.05, 4.69) is 5.32 Å². The second-order valence-corrected chi connectivity index (χ2v) is 3.80. The van der Waals surface area contributed by atoms with Gasteiger partial charge >= 0.3 is 0 Å². The number of ketones is 1. The molecule has 2 aromatic carbocycles. The first-order valence-corrected chi connectivity index (χ1v) is 5.64. The van der Waals surface area contributed by atoms with Crippen LogP contribution in [0.25, 0.3) is 0 Å². The summed E-state index contributed by atoms with van der Waals surface area (Å²) in [6.45, 7) is 0. The maximum atomic E-state index is 11.8. The first-order chi connectivity index (χ1) is 8.77. The molecule has 0 atom stereocenters. The van der Waals surface area contributed by atoms with E-state index in [9.17, 15) is 4.79 Å². The van der Waals surface area contributed by atoms with Gasteiger partial charge in [0.05, 0.1) is 11.4 Å². The van der Waals surface area contributed by atoms with Crippen molar-refractivity contribution in [1.29, 1.82) is 0 Å². The fourth-order valence-electron chi connectivity index (χ4n) is 1.53. The second-order valence-electron chi connectivity index (χ2n) is 3.80. The highest BCUT2D eigenvalue weighted by Crippen LogP contribution is 2.16. The molecule has 0 amide bonds. The Morgan fingerprint density at radius 2 is 1.67 bits per heavy atom. The van der Waals surface area contributed by atoms with Gasteiger partial charge in [-0.15, -0.1) is 0 Å². The fourth-order valence-corrected chi connectivity index (χ4v) is 1.53. The van der Waals surface area contributed by atoms with Crippen LogP contribution in [0, 0.1) is 0 Å². The van der Waals surface area contributed by atoms with Crippen molar-refractivity contribution in [3.63, 3.8) is 0 Å². The van der Waals surface area contributed by atoms with Crippen LogP contribution in [0.1, 0.15) is 10.4 Å². The summed E-state index contributed by atoms with van der Waals surface area (Å²) < 4.78 is 0. The van der Waals surface area contributed by atoms with Crippen LogP contribution in [0.3, 0.4) is 0 Å². The minimum Gasteiger partial charge on any atom is -0.397 e. The molecule has 0 aliphatic rings. The van der Waals surface area contributed by atoms with Crippen LogP contribution in [0.2, 0.25) is 0 Å². The van der Waals surface area contributed by atoms with E-state index >= 15 is 0 Å². The highest BCUT2D eigenvalue weighted by atomic mass is 16.1. The van der Waals surface area contributed by atoms with E-state index in [4.69, 9.17) is 5.73 Å². The molecule has 0 aliphatic carbocycles. The van der Waals surface area contributed by atoms with Gasteiger partial charge in [-0.2, -0.15) is 0 Å². The summed E-state index contributed by atoms with van der Waals surface area (Å²) in [7, 11) is 0. The van der Waals surface area contributed by atoms with Crippen molar-refractivity contribution >= 4 is 17.2 Å². The van der Waals surface area contributed by atoms with Gasteiger partial charge in [-0.3, -0.25) is 4.79 Å². The minimum absolute atomic E-state index is 0.0439. The lowest BCUT2D eigenvalue weighted by Gasteiger charge is -2.03. The number of carbonyl (C=O) groups excluding carboxylic acids is 1. The van der Waals surface area contributed by atoms with Crippen LogP contribution in [0.15, 0.2) is 66.9 Å². The number of nitrogens with two attached hydrogens (primary N) is 1. The van der Waals surface area contributed by atoms with E-state index in [0.717, 1.165) is 5.69 Å². The lowest BCUT2D eigenvalue weighted by atomic mass is 10.1. The van der Waals surface area contributed by atoms with Gasteiger partial charge in [-0.1, -0.05) is 42.5 Å². The normalized spacial score (nSPS) is 10.4. The minimum atomic E-state index is -0.0439. The van der Waals surface area contributed by atoms with Crippen LogP contribution in [-0.2, 0) is 0 Å². The molecule has 0 spiro atoms.